The Labute approximate surface area is 149 Å². The van der Waals surface area contributed by atoms with Crippen molar-refractivity contribution in [3.63, 3.8) is 0 Å². The standard InChI is InChI=1S/C19H22N2O2.ClH/c22-19(16-8-6-12-20-13-16)21-14-15-7-4-5-11-18(15)23-17-9-2-1-3-10-17;/h1-5,7,9-11,16,20H,6,8,12-14H2,(H,21,22);1H. The second kappa shape index (κ2) is 9.30. The number of para-hydroxylation sites is 2. The summed E-state index contributed by atoms with van der Waals surface area (Å²) in [7, 11) is 0. The van der Waals surface area contributed by atoms with Crippen molar-refractivity contribution in [3.05, 3.63) is 60.2 Å². The Morgan fingerprint density at radius 1 is 1.12 bits per heavy atom. The summed E-state index contributed by atoms with van der Waals surface area (Å²) in [4.78, 5) is 12.2. The van der Waals surface area contributed by atoms with Gasteiger partial charge in [-0.3, -0.25) is 4.79 Å². The van der Waals surface area contributed by atoms with Crippen LogP contribution >= 0.6 is 12.4 Å². The van der Waals surface area contributed by atoms with Crippen LogP contribution in [0.1, 0.15) is 18.4 Å². The summed E-state index contributed by atoms with van der Waals surface area (Å²) in [6, 6.07) is 17.5. The highest BCUT2D eigenvalue weighted by Crippen LogP contribution is 2.25. The molecule has 0 bridgehead atoms. The van der Waals surface area contributed by atoms with Crippen molar-refractivity contribution in [3.8, 4) is 11.5 Å². The first-order valence-electron chi connectivity index (χ1n) is 8.12. The van der Waals surface area contributed by atoms with Crippen LogP contribution in [0.2, 0.25) is 0 Å². The van der Waals surface area contributed by atoms with Crippen LogP contribution in [0.5, 0.6) is 11.5 Å². The molecule has 1 fully saturated rings. The average molecular weight is 347 g/mol. The molecule has 5 heteroatoms. The number of hydrogen-bond donors (Lipinski definition) is 2. The van der Waals surface area contributed by atoms with Crippen LogP contribution in [-0.2, 0) is 11.3 Å². The van der Waals surface area contributed by atoms with Crippen molar-refractivity contribution < 1.29 is 9.53 Å². The molecule has 2 N–H and O–H groups in total. The van der Waals surface area contributed by atoms with Gasteiger partial charge in [0.15, 0.2) is 0 Å². The van der Waals surface area contributed by atoms with Crippen LogP contribution in [-0.4, -0.2) is 19.0 Å². The first-order valence-corrected chi connectivity index (χ1v) is 8.12. The maximum absolute atomic E-state index is 12.2. The molecule has 1 saturated heterocycles. The van der Waals surface area contributed by atoms with E-state index < -0.39 is 0 Å². The minimum Gasteiger partial charge on any atom is -0.457 e. The van der Waals surface area contributed by atoms with Gasteiger partial charge >= 0.3 is 0 Å². The first-order chi connectivity index (χ1) is 11.3. The number of carbonyl (C=O) groups excluding carboxylic acids is 1. The largest absolute Gasteiger partial charge is 0.457 e. The number of amides is 1. The fourth-order valence-corrected chi connectivity index (χ4v) is 2.77. The van der Waals surface area contributed by atoms with Gasteiger partial charge in [-0.15, -0.1) is 12.4 Å². The molecule has 0 radical (unpaired) electrons. The number of ether oxygens (including phenoxy) is 1. The SMILES string of the molecule is Cl.O=C(NCc1ccccc1Oc1ccccc1)C1CCCNC1. The Kier molecular flexibility index (Phi) is 7.09. The van der Waals surface area contributed by atoms with Gasteiger partial charge < -0.3 is 15.4 Å². The fraction of sp³-hybridized carbons (Fsp3) is 0.316. The quantitative estimate of drug-likeness (QED) is 0.871. The lowest BCUT2D eigenvalue weighted by Crippen LogP contribution is -2.40. The fourth-order valence-electron chi connectivity index (χ4n) is 2.77. The number of hydrogen-bond acceptors (Lipinski definition) is 3. The highest BCUT2D eigenvalue weighted by molar-refractivity contribution is 5.85. The van der Waals surface area contributed by atoms with E-state index in [1.54, 1.807) is 0 Å². The van der Waals surface area contributed by atoms with Gasteiger partial charge in [0.1, 0.15) is 11.5 Å². The summed E-state index contributed by atoms with van der Waals surface area (Å²) in [5.41, 5.74) is 0.980. The van der Waals surface area contributed by atoms with Gasteiger partial charge in [0, 0.05) is 18.7 Å². The molecule has 1 atom stereocenters. The maximum Gasteiger partial charge on any atom is 0.224 e. The van der Waals surface area contributed by atoms with Crippen molar-refractivity contribution in [2.24, 2.45) is 5.92 Å². The first kappa shape index (κ1) is 18.3. The molecule has 0 spiro atoms. The van der Waals surface area contributed by atoms with Crippen LogP contribution < -0.4 is 15.4 Å². The zero-order chi connectivity index (χ0) is 15.9. The zero-order valence-electron chi connectivity index (χ0n) is 13.5. The van der Waals surface area contributed by atoms with Crippen LogP contribution in [0, 0.1) is 5.92 Å². The Hall–Kier alpha value is -2.04. The number of benzene rings is 2. The molecule has 1 heterocycles. The van der Waals surface area contributed by atoms with Gasteiger partial charge in [-0.05, 0) is 37.6 Å². The predicted molar refractivity (Wildman–Crippen MR) is 97.6 cm³/mol. The lowest BCUT2D eigenvalue weighted by atomic mass is 9.99. The van der Waals surface area contributed by atoms with Crippen LogP contribution in [0.4, 0.5) is 0 Å². The van der Waals surface area contributed by atoms with E-state index in [1.807, 2.05) is 54.6 Å². The van der Waals surface area contributed by atoms with Crippen molar-refractivity contribution in [1.82, 2.24) is 10.6 Å². The lowest BCUT2D eigenvalue weighted by Gasteiger charge is -2.22. The number of halogens is 1. The topological polar surface area (TPSA) is 50.4 Å². The molecule has 0 saturated carbocycles. The van der Waals surface area contributed by atoms with Gasteiger partial charge in [0.05, 0.1) is 5.92 Å². The molecule has 128 valence electrons. The number of piperidine rings is 1. The van der Waals surface area contributed by atoms with E-state index >= 15 is 0 Å². The molecular formula is C19H23ClN2O2. The van der Waals surface area contributed by atoms with E-state index in [-0.39, 0.29) is 24.2 Å². The average Bonchev–Trinajstić information content (AvgIpc) is 2.62. The molecule has 4 nitrogen and oxygen atoms in total. The van der Waals surface area contributed by atoms with Gasteiger partial charge in [-0.2, -0.15) is 0 Å². The van der Waals surface area contributed by atoms with Crippen LogP contribution in [0.15, 0.2) is 54.6 Å². The second-order valence-electron chi connectivity index (χ2n) is 5.78. The van der Waals surface area contributed by atoms with Gasteiger partial charge in [0.2, 0.25) is 5.91 Å². The van der Waals surface area contributed by atoms with E-state index in [0.29, 0.717) is 6.54 Å². The molecule has 0 aromatic heterocycles. The third kappa shape index (κ3) is 4.98. The van der Waals surface area contributed by atoms with Gasteiger partial charge in [0.25, 0.3) is 0 Å². The Morgan fingerprint density at radius 3 is 2.62 bits per heavy atom. The molecule has 2 aromatic carbocycles. The molecule has 3 rings (SSSR count). The van der Waals surface area contributed by atoms with Crippen LogP contribution in [0.25, 0.3) is 0 Å². The molecule has 1 aliphatic heterocycles. The summed E-state index contributed by atoms with van der Waals surface area (Å²) < 4.78 is 5.92. The molecule has 2 aromatic rings. The van der Waals surface area contributed by atoms with E-state index in [2.05, 4.69) is 10.6 Å². The summed E-state index contributed by atoms with van der Waals surface area (Å²) >= 11 is 0. The normalized spacial score (nSPS) is 16.8. The van der Waals surface area contributed by atoms with Crippen molar-refractivity contribution in [2.75, 3.05) is 13.1 Å². The molecular weight excluding hydrogens is 324 g/mol. The Balaban J connectivity index is 0.00000208. The lowest BCUT2D eigenvalue weighted by molar-refractivity contribution is -0.125. The van der Waals surface area contributed by atoms with E-state index in [4.69, 9.17) is 4.74 Å². The molecule has 1 aliphatic rings. The van der Waals surface area contributed by atoms with Gasteiger partial charge in [-0.25, -0.2) is 0 Å². The zero-order valence-corrected chi connectivity index (χ0v) is 14.4. The summed E-state index contributed by atoms with van der Waals surface area (Å²) in [6.45, 7) is 2.27. The second-order valence-corrected chi connectivity index (χ2v) is 5.78. The summed E-state index contributed by atoms with van der Waals surface area (Å²) in [5, 5.41) is 6.31. The van der Waals surface area contributed by atoms with E-state index in [0.717, 1.165) is 43.0 Å². The van der Waals surface area contributed by atoms with Crippen molar-refractivity contribution in [1.29, 1.82) is 0 Å². The highest BCUT2D eigenvalue weighted by Gasteiger charge is 2.20. The third-order valence-electron chi connectivity index (χ3n) is 4.06. The maximum atomic E-state index is 12.2. The predicted octanol–water partition coefficient (Wildman–Crippen LogP) is 3.52. The molecule has 1 amide bonds. The van der Waals surface area contributed by atoms with E-state index in [9.17, 15) is 4.79 Å². The molecule has 0 aliphatic carbocycles. The third-order valence-corrected chi connectivity index (χ3v) is 4.06. The monoisotopic (exact) mass is 346 g/mol. The smallest absolute Gasteiger partial charge is 0.224 e. The van der Waals surface area contributed by atoms with E-state index in [1.165, 1.54) is 0 Å². The minimum absolute atomic E-state index is 0. The summed E-state index contributed by atoms with van der Waals surface area (Å²) in [5.74, 6) is 1.76. The van der Waals surface area contributed by atoms with Crippen molar-refractivity contribution in [2.45, 2.75) is 19.4 Å². The Morgan fingerprint density at radius 2 is 1.88 bits per heavy atom. The molecule has 1 unspecified atom stereocenters. The van der Waals surface area contributed by atoms with Crippen LogP contribution in [0.3, 0.4) is 0 Å². The summed E-state index contributed by atoms with van der Waals surface area (Å²) in [6.07, 6.45) is 2.02. The minimum atomic E-state index is 0. The molecule has 24 heavy (non-hydrogen) atoms. The van der Waals surface area contributed by atoms with Gasteiger partial charge in [-0.1, -0.05) is 36.4 Å². The Bertz CT molecular complexity index is 643. The number of rotatable bonds is 5. The van der Waals surface area contributed by atoms with Crippen molar-refractivity contribution >= 4 is 18.3 Å². The number of carbonyl (C=O) groups is 1. The highest BCUT2D eigenvalue weighted by atomic mass is 35.5. The number of nitrogens with one attached hydrogen (secondary N) is 2.